The molecule has 2 saturated heterocycles. The van der Waals surface area contributed by atoms with E-state index >= 15 is 0 Å². The lowest BCUT2D eigenvalue weighted by Crippen LogP contribution is -2.38. The molecule has 2 heterocycles. The Labute approximate surface area is 79.5 Å². The summed E-state index contributed by atoms with van der Waals surface area (Å²) >= 11 is 0. The third kappa shape index (κ3) is 1.85. The van der Waals surface area contributed by atoms with E-state index in [0.29, 0.717) is 11.9 Å². The van der Waals surface area contributed by atoms with Gasteiger partial charge in [0.15, 0.2) is 0 Å². The lowest BCUT2D eigenvalue weighted by molar-refractivity contribution is -0.130. The topological polar surface area (TPSA) is 32.3 Å². The molecule has 0 aromatic heterocycles. The second kappa shape index (κ2) is 3.66. The van der Waals surface area contributed by atoms with E-state index in [2.05, 4.69) is 5.32 Å². The molecule has 2 unspecified atom stereocenters. The van der Waals surface area contributed by atoms with E-state index in [4.69, 9.17) is 0 Å². The summed E-state index contributed by atoms with van der Waals surface area (Å²) in [7, 11) is 0. The molecule has 0 bridgehead atoms. The molecular weight excluding hydrogens is 164 g/mol. The van der Waals surface area contributed by atoms with E-state index in [1.807, 2.05) is 11.8 Å². The Kier molecular flexibility index (Phi) is 2.54. The molecule has 13 heavy (non-hydrogen) atoms. The Morgan fingerprint density at radius 1 is 1.54 bits per heavy atom. The Hall–Kier alpha value is -0.570. The fraction of sp³-hybridized carbons (Fsp3) is 0.900. The van der Waals surface area contributed by atoms with Gasteiger partial charge in [0.05, 0.1) is 0 Å². The molecule has 0 aromatic rings. The van der Waals surface area contributed by atoms with Gasteiger partial charge in [0.1, 0.15) is 0 Å². The van der Waals surface area contributed by atoms with Crippen LogP contribution in [-0.2, 0) is 4.79 Å². The molecule has 1 amide bonds. The van der Waals surface area contributed by atoms with Gasteiger partial charge in [-0.1, -0.05) is 6.92 Å². The van der Waals surface area contributed by atoms with E-state index in [-0.39, 0.29) is 5.92 Å². The summed E-state index contributed by atoms with van der Waals surface area (Å²) in [5.41, 5.74) is 0. The third-order valence-electron chi connectivity index (χ3n) is 3.17. The van der Waals surface area contributed by atoms with Gasteiger partial charge in [-0.3, -0.25) is 4.79 Å². The average molecular weight is 182 g/mol. The van der Waals surface area contributed by atoms with Crippen LogP contribution >= 0.6 is 0 Å². The first kappa shape index (κ1) is 9.00. The van der Waals surface area contributed by atoms with Crippen LogP contribution in [0, 0.1) is 5.92 Å². The minimum absolute atomic E-state index is 0.265. The normalized spacial score (nSPS) is 34.5. The van der Waals surface area contributed by atoms with Gasteiger partial charge in [0.2, 0.25) is 5.91 Å². The van der Waals surface area contributed by atoms with Crippen molar-refractivity contribution >= 4 is 5.91 Å². The van der Waals surface area contributed by atoms with E-state index in [1.165, 1.54) is 12.8 Å². The highest BCUT2D eigenvalue weighted by molar-refractivity contribution is 5.80. The number of nitrogens with zero attached hydrogens (tertiary/aromatic N) is 1. The molecule has 2 fully saturated rings. The van der Waals surface area contributed by atoms with Crippen molar-refractivity contribution in [3.05, 3.63) is 0 Å². The van der Waals surface area contributed by atoms with Crippen molar-refractivity contribution in [1.29, 1.82) is 0 Å². The number of nitrogens with one attached hydrogen (secondary N) is 1. The number of rotatable bonds is 2. The van der Waals surface area contributed by atoms with Crippen LogP contribution in [0.3, 0.4) is 0 Å². The first-order valence-electron chi connectivity index (χ1n) is 5.29. The monoisotopic (exact) mass is 182 g/mol. The fourth-order valence-electron chi connectivity index (χ4n) is 2.25. The molecule has 2 atom stereocenters. The molecule has 0 spiro atoms. The first-order valence-corrected chi connectivity index (χ1v) is 5.29. The van der Waals surface area contributed by atoms with Crippen LogP contribution < -0.4 is 5.32 Å². The molecule has 1 N–H and O–H groups in total. The zero-order chi connectivity index (χ0) is 9.26. The van der Waals surface area contributed by atoms with E-state index in [9.17, 15) is 4.79 Å². The van der Waals surface area contributed by atoms with Crippen molar-refractivity contribution in [2.24, 2.45) is 5.92 Å². The van der Waals surface area contributed by atoms with Crippen molar-refractivity contribution in [1.82, 2.24) is 10.2 Å². The van der Waals surface area contributed by atoms with Gasteiger partial charge in [-0.05, 0) is 25.8 Å². The molecule has 0 aliphatic carbocycles. The molecular formula is C10H18N2O. The quantitative estimate of drug-likeness (QED) is 0.678. The first-order chi connectivity index (χ1) is 6.27. The lowest BCUT2D eigenvalue weighted by Gasteiger charge is -2.20. The molecule has 0 aromatic carbocycles. The highest BCUT2D eigenvalue weighted by Gasteiger charge is 2.29. The van der Waals surface area contributed by atoms with Crippen molar-refractivity contribution in [2.45, 2.75) is 32.2 Å². The molecule has 74 valence electrons. The predicted molar refractivity (Wildman–Crippen MR) is 51.4 cm³/mol. The van der Waals surface area contributed by atoms with Crippen LogP contribution in [0.4, 0.5) is 0 Å². The molecule has 0 radical (unpaired) electrons. The summed E-state index contributed by atoms with van der Waals surface area (Å²) in [5.74, 6) is 0.620. The van der Waals surface area contributed by atoms with E-state index < -0.39 is 0 Å². The zero-order valence-electron chi connectivity index (χ0n) is 8.25. The van der Waals surface area contributed by atoms with Gasteiger partial charge in [-0.2, -0.15) is 0 Å². The summed E-state index contributed by atoms with van der Waals surface area (Å²) in [6.45, 7) is 5.06. The Morgan fingerprint density at radius 3 is 2.92 bits per heavy atom. The summed E-state index contributed by atoms with van der Waals surface area (Å²) in [6, 6.07) is 0.564. The summed E-state index contributed by atoms with van der Waals surface area (Å²) in [4.78, 5) is 13.6. The molecule has 0 saturated carbocycles. The maximum Gasteiger partial charge on any atom is 0.225 e. The standard InChI is InChI=1S/C10H18N2O/c1-8-4-6-12(10(8)13)7-9-3-2-5-11-9/h8-9,11H,2-7H2,1H3. The van der Waals surface area contributed by atoms with E-state index in [1.54, 1.807) is 0 Å². The van der Waals surface area contributed by atoms with Crippen molar-refractivity contribution < 1.29 is 4.79 Å². The number of carbonyl (C=O) groups is 1. The van der Waals surface area contributed by atoms with E-state index in [0.717, 1.165) is 26.1 Å². The predicted octanol–water partition coefficient (Wildman–Crippen LogP) is 0.607. The highest BCUT2D eigenvalue weighted by Crippen LogP contribution is 2.18. The second-order valence-corrected chi connectivity index (χ2v) is 4.27. The van der Waals surface area contributed by atoms with Gasteiger partial charge in [0, 0.05) is 25.0 Å². The fourth-order valence-corrected chi connectivity index (χ4v) is 2.25. The van der Waals surface area contributed by atoms with Crippen molar-refractivity contribution in [2.75, 3.05) is 19.6 Å². The van der Waals surface area contributed by atoms with Crippen LogP contribution in [0.5, 0.6) is 0 Å². The maximum absolute atomic E-state index is 11.6. The number of likely N-dealkylation sites (tertiary alicyclic amines) is 1. The number of amides is 1. The van der Waals surface area contributed by atoms with Crippen LogP contribution in [0.1, 0.15) is 26.2 Å². The van der Waals surface area contributed by atoms with Crippen molar-refractivity contribution in [3.8, 4) is 0 Å². The summed E-state index contributed by atoms with van der Waals surface area (Å²) in [5, 5.41) is 3.42. The lowest BCUT2D eigenvalue weighted by atomic mass is 10.1. The molecule has 2 rings (SSSR count). The van der Waals surface area contributed by atoms with Gasteiger partial charge in [-0.25, -0.2) is 0 Å². The van der Waals surface area contributed by atoms with Crippen LogP contribution in [0.15, 0.2) is 0 Å². The number of hydrogen-bond donors (Lipinski definition) is 1. The Morgan fingerprint density at radius 2 is 2.38 bits per heavy atom. The second-order valence-electron chi connectivity index (χ2n) is 4.27. The minimum Gasteiger partial charge on any atom is -0.341 e. The Bertz CT molecular complexity index is 199. The summed E-state index contributed by atoms with van der Waals surface area (Å²) in [6.07, 6.45) is 3.55. The average Bonchev–Trinajstić information content (AvgIpc) is 2.71. The smallest absolute Gasteiger partial charge is 0.225 e. The van der Waals surface area contributed by atoms with Gasteiger partial charge < -0.3 is 10.2 Å². The Balaban J connectivity index is 1.84. The summed E-state index contributed by atoms with van der Waals surface area (Å²) < 4.78 is 0. The minimum atomic E-state index is 0.265. The zero-order valence-corrected chi connectivity index (χ0v) is 8.25. The molecule has 3 heteroatoms. The molecule has 2 aliphatic rings. The number of hydrogen-bond acceptors (Lipinski definition) is 2. The van der Waals surface area contributed by atoms with Crippen LogP contribution in [-0.4, -0.2) is 36.5 Å². The highest BCUT2D eigenvalue weighted by atomic mass is 16.2. The van der Waals surface area contributed by atoms with Crippen molar-refractivity contribution in [3.63, 3.8) is 0 Å². The van der Waals surface area contributed by atoms with Crippen LogP contribution in [0.2, 0.25) is 0 Å². The van der Waals surface area contributed by atoms with Gasteiger partial charge in [-0.15, -0.1) is 0 Å². The third-order valence-corrected chi connectivity index (χ3v) is 3.17. The van der Waals surface area contributed by atoms with Gasteiger partial charge in [0.25, 0.3) is 0 Å². The number of carbonyl (C=O) groups excluding carboxylic acids is 1. The SMILES string of the molecule is CC1CCN(CC2CCCN2)C1=O. The van der Waals surface area contributed by atoms with Gasteiger partial charge >= 0.3 is 0 Å². The maximum atomic E-state index is 11.6. The molecule has 3 nitrogen and oxygen atoms in total. The largest absolute Gasteiger partial charge is 0.341 e. The molecule has 2 aliphatic heterocycles. The van der Waals surface area contributed by atoms with Crippen LogP contribution in [0.25, 0.3) is 0 Å².